The molecule has 0 bridgehead atoms. The van der Waals surface area contributed by atoms with Gasteiger partial charge in [-0.15, -0.1) is 11.3 Å². The van der Waals surface area contributed by atoms with Gasteiger partial charge in [-0.3, -0.25) is 8.98 Å². The van der Waals surface area contributed by atoms with Gasteiger partial charge in [0.1, 0.15) is 6.10 Å². The summed E-state index contributed by atoms with van der Waals surface area (Å²) in [4.78, 5) is 12.0. The zero-order valence-corrected chi connectivity index (χ0v) is 9.39. The third-order valence-electron chi connectivity index (χ3n) is 1.45. The molecule has 1 atom stereocenters. The maximum Gasteiger partial charge on any atom is 0.265 e. The standard InChI is InChI=1S/C8H10O4S2/c1-6(12-14(2,10)11)8(9)7-4-3-5-13-7/h3-6H,1-2H3. The lowest BCUT2D eigenvalue weighted by Crippen LogP contribution is -2.23. The second-order valence-electron chi connectivity index (χ2n) is 2.78. The average Bonchev–Trinajstić information content (AvgIpc) is 2.51. The molecule has 0 aromatic carbocycles. The third kappa shape index (κ3) is 3.21. The van der Waals surface area contributed by atoms with Gasteiger partial charge in [0.25, 0.3) is 10.1 Å². The molecule has 1 unspecified atom stereocenters. The van der Waals surface area contributed by atoms with Crippen LogP contribution in [0, 0.1) is 0 Å². The zero-order valence-electron chi connectivity index (χ0n) is 7.76. The van der Waals surface area contributed by atoms with E-state index in [0.717, 1.165) is 6.26 Å². The summed E-state index contributed by atoms with van der Waals surface area (Å²) >= 11 is 1.26. The van der Waals surface area contributed by atoms with Gasteiger partial charge < -0.3 is 0 Å². The molecule has 4 nitrogen and oxygen atoms in total. The predicted octanol–water partition coefficient (Wildman–Crippen LogP) is 1.30. The summed E-state index contributed by atoms with van der Waals surface area (Å²) in [5.74, 6) is -0.314. The number of Topliss-reactive ketones (excluding diaryl/α,β-unsaturated/α-hetero) is 1. The van der Waals surface area contributed by atoms with Crippen LogP contribution < -0.4 is 0 Å². The second kappa shape index (κ2) is 4.20. The number of hydrogen-bond acceptors (Lipinski definition) is 5. The van der Waals surface area contributed by atoms with Crippen molar-refractivity contribution >= 4 is 27.2 Å². The molecule has 14 heavy (non-hydrogen) atoms. The number of ketones is 1. The molecule has 0 amide bonds. The number of thiophene rings is 1. The van der Waals surface area contributed by atoms with E-state index in [1.807, 2.05) is 0 Å². The Morgan fingerprint density at radius 1 is 1.57 bits per heavy atom. The second-order valence-corrected chi connectivity index (χ2v) is 5.33. The maximum atomic E-state index is 11.5. The monoisotopic (exact) mass is 234 g/mol. The molecule has 0 aliphatic heterocycles. The van der Waals surface area contributed by atoms with Crippen LogP contribution in [0.2, 0.25) is 0 Å². The van der Waals surface area contributed by atoms with Crippen LogP contribution in [0.3, 0.4) is 0 Å². The minimum atomic E-state index is -3.58. The topological polar surface area (TPSA) is 60.4 Å². The highest BCUT2D eigenvalue weighted by molar-refractivity contribution is 7.86. The zero-order chi connectivity index (χ0) is 10.8. The average molecular weight is 234 g/mol. The van der Waals surface area contributed by atoms with Gasteiger partial charge in [0.15, 0.2) is 0 Å². The van der Waals surface area contributed by atoms with Crippen LogP contribution in [0.1, 0.15) is 16.6 Å². The minimum Gasteiger partial charge on any atom is -0.290 e. The van der Waals surface area contributed by atoms with E-state index < -0.39 is 16.2 Å². The van der Waals surface area contributed by atoms with Gasteiger partial charge >= 0.3 is 0 Å². The van der Waals surface area contributed by atoms with Gasteiger partial charge in [-0.05, 0) is 18.4 Å². The van der Waals surface area contributed by atoms with E-state index >= 15 is 0 Å². The molecule has 0 saturated carbocycles. The Morgan fingerprint density at radius 2 is 2.21 bits per heavy atom. The van der Waals surface area contributed by atoms with Gasteiger partial charge in [-0.25, -0.2) is 0 Å². The predicted molar refractivity (Wildman–Crippen MR) is 54.0 cm³/mol. The quantitative estimate of drug-likeness (QED) is 0.582. The van der Waals surface area contributed by atoms with Crippen molar-refractivity contribution in [2.75, 3.05) is 6.26 Å². The Balaban J connectivity index is 2.72. The van der Waals surface area contributed by atoms with Gasteiger partial charge in [-0.2, -0.15) is 8.42 Å². The molecule has 0 saturated heterocycles. The smallest absolute Gasteiger partial charge is 0.265 e. The number of rotatable bonds is 4. The van der Waals surface area contributed by atoms with E-state index in [0.29, 0.717) is 4.88 Å². The summed E-state index contributed by atoms with van der Waals surface area (Å²) in [5.41, 5.74) is 0. The molecule has 6 heteroatoms. The first-order chi connectivity index (χ1) is 6.40. The molecule has 78 valence electrons. The highest BCUT2D eigenvalue weighted by atomic mass is 32.2. The van der Waals surface area contributed by atoms with Crippen molar-refractivity contribution in [3.8, 4) is 0 Å². The number of hydrogen-bond donors (Lipinski definition) is 0. The fraction of sp³-hybridized carbons (Fsp3) is 0.375. The van der Waals surface area contributed by atoms with E-state index in [4.69, 9.17) is 0 Å². The fourth-order valence-corrected chi connectivity index (χ4v) is 2.28. The normalized spacial score (nSPS) is 13.9. The van der Waals surface area contributed by atoms with Crippen molar-refractivity contribution in [3.05, 3.63) is 22.4 Å². The van der Waals surface area contributed by atoms with Crippen LogP contribution in [0.4, 0.5) is 0 Å². The Labute approximate surface area is 86.6 Å². The summed E-state index contributed by atoms with van der Waals surface area (Å²) in [5, 5.41) is 1.75. The molecule has 1 aromatic heterocycles. The van der Waals surface area contributed by atoms with E-state index in [9.17, 15) is 13.2 Å². The first kappa shape index (κ1) is 11.4. The van der Waals surface area contributed by atoms with E-state index in [1.54, 1.807) is 17.5 Å². The number of carbonyl (C=O) groups excluding carboxylic acids is 1. The van der Waals surface area contributed by atoms with Crippen LogP contribution in [0.25, 0.3) is 0 Å². The van der Waals surface area contributed by atoms with Gasteiger partial charge in [-0.1, -0.05) is 6.07 Å². The van der Waals surface area contributed by atoms with Crippen LogP contribution >= 0.6 is 11.3 Å². The highest BCUT2D eigenvalue weighted by Gasteiger charge is 2.20. The molecule has 0 radical (unpaired) electrons. The molecule has 0 aliphatic rings. The van der Waals surface area contributed by atoms with Crippen LogP contribution in [-0.2, 0) is 14.3 Å². The van der Waals surface area contributed by atoms with Crippen molar-refractivity contribution in [2.45, 2.75) is 13.0 Å². The van der Waals surface area contributed by atoms with Crippen molar-refractivity contribution in [2.24, 2.45) is 0 Å². The molecule has 0 fully saturated rings. The van der Waals surface area contributed by atoms with Crippen molar-refractivity contribution < 1.29 is 17.4 Å². The van der Waals surface area contributed by atoms with Gasteiger partial charge in [0.2, 0.25) is 5.78 Å². The summed E-state index contributed by atoms with van der Waals surface area (Å²) < 4.78 is 26.0. The highest BCUT2D eigenvalue weighted by Crippen LogP contribution is 2.13. The van der Waals surface area contributed by atoms with Crippen molar-refractivity contribution in [3.63, 3.8) is 0 Å². The lowest BCUT2D eigenvalue weighted by Gasteiger charge is -2.07. The van der Waals surface area contributed by atoms with E-state index in [-0.39, 0.29) is 5.78 Å². The molecule has 0 spiro atoms. The maximum absolute atomic E-state index is 11.5. The Hall–Kier alpha value is -0.720. The molecular formula is C8H10O4S2. The Bertz CT molecular complexity index is 405. The molecule has 1 heterocycles. The molecule has 1 aromatic rings. The van der Waals surface area contributed by atoms with Crippen LogP contribution in [0.15, 0.2) is 17.5 Å². The summed E-state index contributed by atoms with van der Waals surface area (Å²) in [7, 11) is -3.58. The minimum absolute atomic E-state index is 0.314. The molecular weight excluding hydrogens is 224 g/mol. The fourth-order valence-electron chi connectivity index (χ4n) is 0.925. The molecule has 0 N–H and O–H groups in total. The summed E-state index contributed by atoms with van der Waals surface area (Å²) in [6.07, 6.45) is -0.0331. The third-order valence-corrected chi connectivity index (χ3v) is 2.98. The molecule has 1 rings (SSSR count). The molecule has 0 aliphatic carbocycles. The summed E-state index contributed by atoms with van der Waals surface area (Å²) in [6.45, 7) is 1.42. The van der Waals surface area contributed by atoms with E-state index in [2.05, 4.69) is 4.18 Å². The first-order valence-electron chi connectivity index (χ1n) is 3.86. The SMILES string of the molecule is CC(OS(C)(=O)=O)C(=O)c1cccs1. The largest absolute Gasteiger partial charge is 0.290 e. The van der Waals surface area contributed by atoms with Crippen LogP contribution in [0.5, 0.6) is 0 Å². The van der Waals surface area contributed by atoms with Gasteiger partial charge in [0, 0.05) is 0 Å². The first-order valence-corrected chi connectivity index (χ1v) is 6.56. The number of carbonyl (C=O) groups is 1. The van der Waals surface area contributed by atoms with Crippen LogP contribution in [-0.4, -0.2) is 26.6 Å². The van der Waals surface area contributed by atoms with Crippen molar-refractivity contribution in [1.29, 1.82) is 0 Å². The lowest BCUT2D eigenvalue weighted by molar-refractivity contribution is 0.0831. The summed E-state index contributed by atoms with van der Waals surface area (Å²) in [6, 6.07) is 3.36. The van der Waals surface area contributed by atoms with E-state index in [1.165, 1.54) is 18.3 Å². The lowest BCUT2D eigenvalue weighted by atomic mass is 10.2. The Morgan fingerprint density at radius 3 is 2.64 bits per heavy atom. The van der Waals surface area contributed by atoms with Gasteiger partial charge in [0.05, 0.1) is 11.1 Å². The van der Waals surface area contributed by atoms with Crippen molar-refractivity contribution in [1.82, 2.24) is 0 Å². The Kier molecular flexibility index (Phi) is 3.41.